The van der Waals surface area contributed by atoms with Gasteiger partial charge in [0.25, 0.3) is 0 Å². The number of hydrogen-bond donors (Lipinski definition) is 1. The Morgan fingerprint density at radius 2 is 1.85 bits per heavy atom. The number of aryl methyl sites for hydroxylation is 1. The van der Waals surface area contributed by atoms with E-state index in [0.29, 0.717) is 11.4 Å². The molecule has 0 unspecified atom stereocenters. The first kappa shape index (κ1) is 18.2. The average Bonchev–Trinajstić information content (AvgIpc) is 2.99. The maximum absolute atomic E-state index is 12.4. The monoisotopic (exact) mass is 367 g/mol. The van der Waals surface area contributed by atoms with Gasteiger partial charge in [0, 0.05) is 16.3 Å². The molecule has 0 aliphatic rings. The second kappa shape index (κ2) is 7.75. The molecule has 1 heterocycles. The minimum Gasteiger partial charge on any atom is -0.349 e. The highest BCUT2D eigenvalue weighted by atomic mass is 35.5. The van der Waals surface area contributed by atoms with Crippen LogP contribution in [-0.4, -0.2) is 15.7 Å². The minimum absolute atomic E-state index is 0.0251. The van der Waals surface area contributed by atoms with Gasteiger partial charge >= 0.3 is 0 Å². The Hall–Kier alpha value is -2.59. The van der Waals surface area contributed by atoms with Gasteiger partial charge in [-0.25, -0.2) is 4.68 Å². The van der Waals surface area contributed by atoms with Crippen molar-refractivity contribution in [2.24, 2.45) is 0 Å². The molecule has 0 aliphatic heterocycles. The van der Waals surface area contributed by atoms with E-state index in [2.05, 4.69) is 23.4 Å². The van der Waals surface area contributed by atoms with Gasteiger partial charge < -0.3 is 5.32 Å². The Morgan fingerprint density at radius 3 is 2.54 bits per heavy atom. The molecule has 26 heavy (non-hydrogen) atoms. The molecular formula is C21H22ClN3O. The lowest BCUT2D eigenvalue weighted by Crippen LogP contribution is -2.28. The number of carbonyl (C=O) groups is 1. The fraction of sp³-hybridized carbons (Fsp3) is 0.238. The highest BCUT2D eigenvalue weighted by Gasteiger charge is 2.17. The van der Waals surface area contributed by atoms with E-state index in [4.69, 9.17) is 11.6 Å². The summed E-state index contributed by atoms with van der Waals surface area (Å²) in [4.78, 5) is 12.4. The van der Waals surface area contributed by atoms with Crippen molar-refractivity contribution in [2.75, 3.05) is 0 Å². The predicted octanol–water partition coefficient (Wildman–Crippen LogP) is 4.56. The summed E-state index contributed by atoms with van der Waals surface area (Å²) in [7, 11) is 0. The Bertz CT molecular complexity index is 915. The number of benzene rings is 2. The van der Waals surface area contributed by atoms with Gasteiger partial charge in [0.15, 0.2) is 0 Å². The van der Waals surface area contributed by atoms with Gasteiger partial charge in [-0.2, -0.15) is 5.10 Å². The van der Waals surface area contributed by atoms with Gasteiger partial charge in [-0.15, -0.1) is 0 Å². The van der Waals surface area contributed by atoms with Crippen molar-refractivity contribution in [1.29, 1.82) is 0 Å². The summed E-state index contributed by atoms with van der Waals surface area (Å²) >= 11 is 5.88. The van der Waals surface area contributed by atoms with Gasteiger partial charge in [-0.05, 0) is 50.1 Å². The molecular weight excluding hydrogens is 346 g/mol. The maximum Gasteiger partial charge on any atom is 0.224 e. The quantitative estimate of drug-likeness (QED) is 0.718. The third-order valence-corrected chi connectivity index (χ3v) is 4.77. The second-order valence-corrected chi connectivity index (χ2v) is 6.91. The number of hydrogen-bond acceptors (Lipinski definition) is 2. The number of carbonyl (C=O) groups excluding carboxylic acids is 1. The van der Waals surface area contributed by atoms with Crippen LogP contribution in [0.15, 0.2) is 54.7 Å². The highest BCUT2D eigenvalue weighted by molar-refractivity contribution is 6.30. The van der Waals surface area contributed by atoms with Crippen LogP contribution in [0.3, 0.4) is 0 Å². The molecule has 1 atom stereocenters. The number of halogens is 1. The molecule has 4 nitrogen and oxygen atoms in total. The van der Waals surface area contributed by atoms with Crippen LogP contribution < -0.4 is 5.32 Å². The van der Waals surface area contributed by atoms with Crippen molar-refractivity contribution in [3.05, 3.63) is 82.1 Å². The van der Waals surface area contributed by atoms with Gasteiger partial charge in [-0.3, -0.25) is 4.79 Å². The third-order valence-electron chi connectivity index (χ3n) is 4.51. The first-order valence-electron chi connectivity index (χ1n) is 8.60. The molecule has 5 heteroatoms. The van der Waals surface area contributed by atoms with Crippen LogP contribution in [0.4, 0.5) is 0 Å². The van der Waals surface area contributed by atoms with E-state index in [1.165, 1.54) is 0 Å². The first-order valence-corrected chi connectivity index (χ1v) is 8.98. The highest BCUT2D eigenvalue weighted by Crippen LogP contribution is 2.22. The summed E-state index contributed by atoms with van der Waals surface area (Å²) in [5.74, 6) is -0.0251. The topological polar surface area (TPSA) is 46.9 Å². The van der Waals surface area contributed by atoms with Crippen LogP contribution >= 0.6 is 11.6 Å². The normalized spacial score (nSPS) is 12.0. The zero-order valence-electron chi connectivity index (χ0n) is 15.2. The molecule has 1 amide bonds. The van der Waals surface area contributed by atoms with Crippen LogP contribution in [0.2, 0.25) is 5.02 Å². The first-order chi connectivity index (χ1) is 12.5. The van der Waals surface area contributed by atoms with E-state index in [1.54, 1.807) is 12.1 Å². The number of aromatic nitrogens is 2. The maximum atomic E-state index is 12.4. The summed E-state index contributed by atoms with van der Waals surface area (Å²) < 4.78 is 1.92. The number of nitrogens with zero attached hydrogens (tertiary/aromatic N) is 2. The van der Waals surface area contributed by atoms with Crippen molar-refractivity contribution in [1.82, 2.24) is 15.1 Å². The molecule has 3 rings (SSSR count). The molecule has 0 saturated carbocycles. The molecule has 0 aliphatic carbocycles. The Kier molecular flexibility index (Phi) is 5.43. The summed E-state index contributed by atoms with van der Waals surface area (Å²) in [6.07, 6.45) is 2.15. The third kappa shape index (κ3) is 3.97. The van der Waals surface area contributed by atoms with Crippen LogP contribution in [0.5, 0.6) is 0 Å². The zero-order valence-corrected chi connectivity index (χ0v) is 15.9. The van der Waals surface area contributed by atoms with Crippen LogP contribution in [0, 0.1) is 13.8 Å². The van der Waals surface area contributed by atoms with Gasteiger partial charge in [0.1, 0.15) is 0 Å². The Labute approximate surface area is 158 Å². The SMILES string of the molecule is Cc1ccccc1-n1ncc([C@H](C)NC(=O)Cc2ccc(Cl)cc2)c1C. The summed E-state index contributed by atoms with van der Waals surface area (Å²) in [5.41, 5.74) is 5.18. The summed E-state index contributed by atoms with van der Waals surface area (Å²) in [5, 5.41) is 8.24. The van der Waals surface area contributed by atoms with Crippen molar-refractivity contribution in [2.45, 2.75) is 33.2 Å². The molecule has 1 aromatic heterocycles. The van der Waals surface area contributed by atoms with E-state index in [1.807, 2.05) is 55.1 Å². The summed E-state index contributed by atoms with van der Waals surface area (Å²) in [6, 6.07) is 15.3. The van der Waals surface area contributed by atoms with Crippen molar-refractivity contribution in [3.8, 4) is 5.69 Å². The molecule has 0 fully saturated rings. The van der Waals surface area contributed by atoms with E-state index in [0.717, 1.165) is 28.1 Å². The molecule has 0 radical (unpaired) electrons. The van der Waals surface area contributed by atoms with E-state index < -0.39 is 0 Å². The fourth-order valence-electron chi connectivity index (χ4n) is 3.05. The van der Waals surface area contributed by atoms with Gasteiger partial charge in [0.05, 0.1) is 24.3 Å². The summed E-state index contributed by atoms with van der Waals surface area (Å²) in [6.45, 7) is 6.07. The van der Waals surface area contributed by atoms with E-state index >= 15 is 0 Å². The Balaban J connectivity index is 1.72. The van der Waals surface area contributed by atoms with E-state index in [-0.39, 0.29) is 11.9 Å². The van der Waals surface area contributed by atoms with E-state index in [9.17, 15) is 4.79 Å². The molecule has 3 aromatic rings. The number of para-hydroxylation sites is 1. The Morgan fingerprint density at radius 1 is 1.15 bits per heavy atom. The van der Waals surface area contributed by atoms with Gasteiger partial charge in [0.2, 0.25) is 5.91 Å². The van der Waals surface area contributed by atoms with Crippen molar-refractivity contribution < 1.29 is 4.79 Å². The number of nitrogens with one attached hydrogen (secondary N) is 1. The minimum atomic E-state index is -0.118. The predicted molar refractivity (Wildman–Crippen MR) is 105 cm³/mol. The second-order valence-electron chi connectivity index (χ2n) is 6.48. The molecule has 134 valence electrons. The molecule has 2 aromatic carbocycles. The lowest BCUT2D eigenvalue weighted by atomic mass is 10.1. The lowest BCUT2D eigenvalue weighted by Gasteiger charge is -2.15. The van der Waals surface area contributed by atoms with Crippen LogP contribution in [0.1, 0.15) is 35.3 Å². The number of amides is 1. The molecule has 1 N–H and O–H groups in total. The smallest absolute Gasteiger partial charge is 0.224 e. The largest absolute Gasteiger partial charge is 0.349 e. The zero-order chi connectivity index (χ0) is 18.7. The standard InChI is InChI=1S/C21H22ClN3O/c1-14-6-4-5-7-20(14)25-16(3)19(13-23-25)15(2)24-21(26)12-17-8-10-18(22)11-9-17/h4-11,13,15H,12H2,1-3H3,(H,24,26)/t15-/m0/s1. The average molecular weight is 368 g/mol. The van der Waals surface area contributed by atoms with Crippen LogP contribution in [-0.2, 0) is 11.2 Å². The fourth-order valence-corrected chi connectivity index (χ4v) is 3.18. The van der Waals surface area contributed by atoms with Crippen molar-refractivity contribution >= 4 is 17.5 Å². The van der Waals surface area contributed by atoms with Gasteiger partial charge in [-0.1, -0.05) is 41.9 Å². The van der Waals surface area contributed by atoms with Crippen molar-refractivity contribution in [3.63, 3.8) is 0 Å². The molecule has 0 spiro atoms. The lowest BCUT2D eigenvalue weighted by molar-refractivity contribution is -0.121. The molecule has 0 saturated heterocycles. The number of rotatable bonds is 5. The van der Waals surface area contributed by atoms with Crippen LogP contribution in [0.25, 0.3) is 5.69 Å². The molecule has 0 bridgehead atoms.